The van der Waals surface area contributed by atoms with Crippen LogP contribution in [0.25, 0.3) is 16.9 Å². The molecule has 3 rings (SSSR count). The zero-order valence-corrected chi connectivity index (χ0v) is 12.8. The molecular weight excluding hydrogens is 262 g/mol. The van der Waals surface area contributed by atoms with Crippen molar-refractivity contribution in [3.8, 4) is 17.0 Å². The maximum Gasteiger partial charge on any atom is 0.139 e. The minimum absolute atomic E-state index is 0.631. The number of nitrogens with zero attached hydrogens (tertiary/aromatic N) is 2. The normalized spacial score (nSPS) is 11.0. The Morgan fingerprint density at radius 2 is 1.81 bits per heavy atom. The smallest absolute Gasteiger partial charge is 0.139 e. The molecule has 0 spiro atoms. The van der Waals surface area contributed by atoms with E-state index in [-0.39, 0.29) is 0 Å². The van der Waals surface area contributed by atoms with Crippen LogP contribution < -0.4 is 10.5 Å². The van der Waals surface area contributed by atoms with Gasteiger partial charge in [0.1, 0.15) is 22.9 Å². The molecule has 4 nitrogen and oxygen atoms in total. The van der Waals surface area contributed by atoms with Crippen molar-refractivity contribution < 1.29 is 4.74 Å². The summed E-state index contributed by atoms with van der Waals surface area (Å²) in [6.45, 7) is 6.19. The highest BCUT2D eigenvalue weighted by atomic mass is 16.5. The van der Waals surface area contributed by atoms with Crippen LogP contribution in [0.1, 0.15) is 16.7 Å². The lowest BCUT2D eigenvalue weighted by atomic mass is 10.0. The Hall–Kier alpha value is -2.49. The molecule has 0 amide bonds. The Balaban J connectivity index is 2.30. The molecular formula is C17H19N3O. The van der Waals surface area contributed by atoms with Crippen LogP contribution in [-0.4, -0.2) is 16.5 Å². The van der Waals surface area contributed by atoms with E-state index in [0.717, 1.165) is 28.2 Å². The Bertz CT molecular complexity index is 834. The van der Waals surface area contributed by atoms with E-state index in [9.17, 15) is 0 Å². The summed E-state index contributed by atoms with van der Waals surface area (Å²) in [4.78, 5) is 4.68. The fourth-order valence-electron chi connectivity index (χ4n) is 2.51. The van der Waals surface area contributed by atoms with Crippen molar-refractivity contribution in [2.75, 3.05) is 12.8 Å². The third kappa shape index (κ3) is 2.13. The lowest BCUT2D eigenvalue weighted by molar-refractivity contribution is 0.416. The number of nitrogens with two attached hydrogens (primary N) is 1. The van der Waals surface area contributed by atoms with E-state index >= 15 is 0 Å². The fourth-order valence-corrected chi connectivity index (χ4v) is 2.51. The summed E-state index contributed by atoms with van der Waals surface area (Å²) in [6, 6.07) is 8.15. The lowest BCUT2D eigenvalue weighted by Crippen LogP contribution is -1.96. The molecule has 0 aliphatic heterocycles. The topological polar surface area (TPSA) is 52.5 Å². The number of methoxy groups -OCH3 is 1. The molecule has 21 heavy (non-hydrogen) atoms. The van der Waals surface area contributed by atoms with Gasteiger partial charge in [-0.15, -0.1) is 0 Å². The molecule has 108 valence electrons. The van der Waals surface area contributed by atoms with Crippen LogP contribution in [0.2, 0.25) is 0 Å². The first kappa shape index (κ1) is 13.5. The number of benzene rings is 1. The third-order valence-corrected chi connectivity index (χ3v) is 3.89. The molecule has 2 N–H and O–H groups in total. The van der Waals surface area contributed by atoms with Crippen molar-refractivity contribution in [2.45, 2.75) is 20.8 Å². The van der Waals surface area contributed by atoms with Crippen molar-refractivity contribution in [1.82, 2.24) is 9.38 Å². The minimum Gasteiger partial charge on any atom is -0.496 e. The van der Waals surface area contributed by atoms with Crippen molar-refractivity contribution >= 4 is 11.5 Å². The van der Waals surface area contributed by atoms with Crippen molar-refractivity contribution in [3.63, 3.8) is 0 Å². The molecule has 2 aromatic heterocycles. The van der Waals surface area contributed by atoms with Crippen LogP contribution in [0.5, 0.6) is 5.75 Å². The number of hydrogen-bond acceptors (Lipinski definition) is 3. The van der Waals surface area contributed by atoms with Gasteiger partial charge in [-0.05, 0) is 61.7 Å². The Kier molecular flexibility index (Phi) is 3.09. The Morgan fingerprint density at radius 1 is 1.10 bits per heavy atom. The fraction of sp³-hybridized carbons (Fsp3) is 0.235. The summed E-state index contributed by atoms with van der Waals surface area (Å²) < 4.78 is 7.41. The first-order chi connectivity index (χ1) is 10.0. The van der Waals surface area contributed by atoms with Gasteiger partial charge in [0, 0.05) is 11.8 Å². The summed E-state index contributed by atoms with van der Waals surface area (Å²) in [7, 11) is 1.67. The molecule has 0 atom stereocenters. The van der Waals surface area contributed by atoms with E-state index in [4.69, 9.17) is 10.5 Å². The van der Waals surface area contributed by atoms with Gasteiger partial charge in [-0.2, -0.15) is 0 Å². The van der Waals surface area contributed by atoms with Gasteiger partial charge >= 0.3 is 0 Å². The second-order valence-corrected chi connectivity index (χ2v) is 5.41. The molecule has 2 heterocycles. The summed E-state index contributed by atoms with van der Waals surface area (Å²) in [5.41, 5.74) is 12.4. The van der Waals surface area contributed by atoms with E-state index in [1.165, 1.54) is 11.1 Å². The van der Waals surface area contributed by atoms with Crippen LogP contribution in [0.15, 0.2) is 30.5 Å². The Morgan fingerprint density at radius 3 is 2.52 bits per heavy atom. The van der Waals surface area contributed by atoms with E-state index in [1.807, 2.05) is 35.7 Å². The molecule has 0 unspecified atom stereocenters. The Labute approximate surface area is 124 Å². The van der Waals surface area contributed by atoms with Gasteiger partial charge < -0.3 is 10.5 Å². The van der Waals surface area contributed by atoms with Crippen LogP contribution in [0, 0.1) is 20.8 Å². The highest BCUT2D eigenvalue weighted by Gasteiger charge is 2.16. The number of hydrogen-bond donors (Lipinski definition) is 1. The lowest BCUT2D eigenvalue weighted by Gasteiger charge is -2.10. The van der Waals surface area contributed by atoms with Crippen LogP contribution in [-0.2, 0) is 0 Å². The van der Waals surface area contributed by atoms with Gasteiger partial charge in [0.05, 0.1) is 7.11 Å². The number of rotatable bonds is 2. The van der Waals surface area contributed by atoms with Gasteiger partial charge in [-0.1, -0.05) is 0 Å². The van der Waals surface area contributed by atoms with Crippen LogP contribution >= 0.6 is 0 Å². The van der Waals surface area contributed by atoms with E-state index in [1.54, 1.807) is 7.11 Å². The second kappa shape index (κ2) is 4.81. The maximum atomic E-state index is 6.28. The minimum atomic E-state index is 0.631. The first-order valence-electron chi connectivity index (χ1n) is 6.91. The highest BCUT2D eigenvalue weighted by Crippen LogP contribution is 2.35. The summed E-state index contributed by atoms with van der Waals surface area (Å²) in [6.07, 6.45) is 1.95. The molecule has 0 aliphatic rings. The molecule has 0 fully saturated rings. The first-order valence-corrected chi connectivity index (χ1v) is 6.91. The van der Waals surface area contributed by atoms with Gasteiger partial charge in [0.2, 0.25) is 0 Å². The molecule has 3 aromatic rings. The molecule has 0 radical (unpaired) electrons. The van der Waals surface area contributed by atoms with Crippen molar-refractivity contribution in [1.29, 1.82) is 0 Å². The zero-order valence-electron chi connectivity index (χ0n) is 12.8. The van der Waals surface area contributed by atoms with Gasteiger partial charge in [0.25, 0.3) is 0 Å². The SMILES string of the molecule is COc1cc(C)c(C)cc1-c1nc2cc(C)ccn2c1N. The number of anilines is 1. The molecule has 0 saturated carbocycles. The summed E-state index contributed by atoms with van der Waals surface area (Å²) >= 11 is 0. The van der Waals surface area contributed by atoms with E-state index in [2.05, 4.69) is 24.9 Å². The van der Waals surface area contributed by atoms with Crippen LogP contribution in [0.3, 0.4) is 0 Å². The highest BCUT2D eigenvalue weighted by molar-refractivity contribution is 5.80. The van der Waals surface area contributed by atoms with Gasteiger partial charge in [-0.3, -0.25) is 4.40 Å². The molecule has 0 saturated heterocycles. The predicted octanol–water partition coefficient (Wildman–Crippen LogP) is 3.52. The standard InChI is InChI=1S/C17H19N3O/c1-10-5-6-20-15(7-10)19-16(17(20)18)13-8-11(2)12(3)9-14(13)21-4/h5-9H,18H2,1-4H3. The summed E-state index contributed by atoms with van der Waals surface area (Å²) in [5, 5.41) is 0. The van der Waals surface area contributed by atoms with Crippen LogP contribution in [0.4, 0.5) is 5.82 Å². The monoisotopic (exact) mass is 281 g/mol. The van der Waals surface area contributed by atoms with Gasteiger partial charge in [0.15, 0.2) is 0 Å². The number of ether oxygens (including phenoxy) is 1. The zero-order chi connectivity index (χ0) is 15.1. The number of fused-ring (bicyclic) bond motifs is 1. The van der Waals surface area contributed by atoms with Crippen molar-refractivity contribution in [2.24, 2.45) is 0 Å². The number of nitrogen functional groups attached to an aromatic ring is 1. The quantitative estimate of drug-likeness (QED) is 0.782. The maximum absolute atomic E-state index is 6.28. The number of aryl methyl sites for hydroxylation is 3. The summed E-state index contributed by atoms with van der Waals surface area (Å²) in [5.74, 6) is 1.43. The molecule has 1 aromatic carbocycles. The largest absolute Gasteiger partial charge is 0.496 e. The molecule has 0 aliphatic carbocycles. The average Bonchev–Trinajstić information content (AvgIpc) is 2.77. The predicted molar refractivity (Wildman–Crippen MR) is 85.8 cm³/mol. The van der Waals surface area contributed by atoms with Crippen molar-refractivity contribution in [3.05, 3.63) is 47.2 Å². The number of aromatic nitrogens is 2. The molecule has 4 heteroatoms. The number of pyridine rings is 1. The number of imidazole rings is 1. The average molecular weight is 281 g/mol. The second-order valence-electron chi connectivity index (χ2n) is 5.41. The van der Waals surface area contributed by atoms with Gasteiger partial charge in [-0.25, -0.2) is 4.98 Å². The van der Waals surface area contributed by atoms with E-state index < -0.39 is 0 Å². The molecule has 0 bridgehead atoms. The van der Waals surface area contributed by atoms with E-state index in [0.29, 0.717) is 5.82 Å². The third-order valence-electron chi connectivity index (χ3n) is 3.89.